The van der Waals surface area contributed by atoms with E-state index in [2.05, 4.69) is 21.8 Å². The number of aryl methyl sites for hydroxylation is 1. The number of hydrogen-bond donors (Lipinski definition) is 1. The van der Waals surface area contributed by atoms with Crippen molar-refractivity contribution in [2.45, 2.75) is 45.3 Å². The van der Waals surface area contributed by atoms with Gasteiger partial charge < -0.3 is 14.6 Å². The second-order valence-electron chi connectivity index (χ2n) is 6.45. The molecule has 0 unspecified atom stereocenters. The molecule has 1 aliphatic heterocycles. The number of aromatic nitrogens is 2. The Balaban J connectivity index is 1.95. The van der Waals surface area contributed by atoms with E-state index in [-0.39, 0.29) is 5.91 Å². The van der Waals surface area contributed by atoms with Crippen LogP contribution in [-0.2, 0) is 22.5 Å². The molecule has 1 amide bonds. The standard InChI is InChI=1S/C16H28N4O2/c1-5-6-7-14-17-10-13(18-14)11-20-8-9-22-16(2,12-20)15(21)19(3)4/h10H,5-9,11-12H2,1-4H3,(H,17,18)/t16-/m0/s1. The van der Waals surface area contributed by atoms with E-state index in [1.54, 1.807) is 19.0 Å². The van der Waals surface area contributed by atoms with Gasteiger partial charge in [-0.1, -0.05) is 13.3 Å². The van der Waals surface area contributed by atoms with Crippen molar-refractivity contribution >= 4 is 5.91 Å². The minimum atomic E-state index is -0.757. The molecule has 1 saturated heterocycles. The highest BCUT2D eigenvalue weighted by molar-refractivity contribution is 5.84. The molecule has 124 valence electrons. The topological polar surface area (TPSA) is 61.5 Å². The predicted molar refractivity (Wildman–Crippen MR) is 85.5 cm³/mol. The predicted octanol–water partition coefficient (Wildman–Crippen LogP) is 1.43. The molecule has 6 heteroatoms. The summed E-state index contributed by atoms with van der Waals surface area (Å²) in [5.41, 5.74) is 0.347. The van der Waals surface area contributed by atoms with Gasteiger partial charge in [-0.05, 0) is 13.3 Å². The molecule has 0 saturated carbocycles. The lowest BCUT2D eigenvalue weighted by atomic mass is 10.0. The van der Waals surface area contributed by atoms with Gasteiger partial charge in [0.1, 0.15) is 5.82 Å². The van der Waals surface area contributed by atoms with Crippen molar-refractivity contribution in [2.24, 2.45) is 0 Å². The summed E-state index contributed by atoms with van der Waals surface area (Å²) in [7, 11) is 3.54. The highest BCUT2D eigenvalue weighted by Gasteiger charge is 2.40. The van der Waals surface area contributed by atoms with E-state index in [1.807, 2.05) is 13.1 Å². The maximum atomic E-state index is 12.3. The monoisotopic (exact) mass is 308 g/mol. The number of aromatic amines is 1. The van der Waals surface area contributed by atoms with Crippen LogP contribution in [0.3, 0.4) is 0 Å². The Hall–Kier alpha value is -1.40. The number of imidazole rings is 1. The van der Waals surface area contributed by atoms with Gasteiger partial charge in [0.05, 0.1) is 6.61 Å². The summed E-state index contributed by atoms with van der Waals surface area (Å²) in [4.78, 5) is 24.0. The molecular weight excluding hydrogens is 280 g/mol. The molecule has 1 aromatic heterocycles. The molecule has 0 radical (unpaired) electrons. The van der Waals surface area contributed by atoms with Gasteiger partial charge in [-0.2, -0.15) is 0 Å². The number of carbonyl (C=O) groups is 1. The first-order valence-electron chi connectivity index (χ1n) is 8.05. The van der Waals surface area contributed by atoms with Crippen LogP contribution in [0.2, 0.25) is 0 Å². The minimum absolute atomic E-state index is 0.0189. The van der Waals surface area contributed by atoms with Gasteiger partial charge in [0.25, 0.3) is 5.91 Å². The molecule has 2 rings (SSSR count). The third-order valence-electron chi connectivity index (χ3n) is 4.05. The average Bonchev–Trinajstić information content (AvgIpc) is 2.91. The number of rotatable bonds is 6. The highest BCUT2D eigenvalue weighted by Crippen LogP contribution is 2.21. The molecule has 0 bridgehead atoms. The van der Waals surface area contributed by atoms with Crippen molar-refractivity contribution in [1.82, 2.24) is 19.8 Å². The van der Waals surface area contributed by atoms with Gasteiger partial charge in [0.2, 0.25) is 0 Å². The number of hydrogen-bond acceptors (Lipinski definition) is 4. The smallest absolute Gasteiger partial charge is 0.255 e. The van der Waals surface area contributed by atoms with E-state index in [0.29, 0.717) is 13.2 Å². The number of morpholine rings is 1. The van der Waals surface area contributed by atoms with Gasteiger partial charge in [0, 0.05) is 52.0 Å². The summed E-state index contributed by atoms with van der Waals surface area (Å²) in [6, 6.07) is 0. The van der Waals surface area contributed by atoms with Crippen LogP contribution in [-0.4, -0.2) is 65.1 Å². The van der Waals surface area contributed by atoms with Gasteiger partial charge in [-0.3, -0.25) is 9.69 Å². The summed E-state index contributed by atoms with van der Waals surface area (Å²) in [6.45, 7) is 6.85. The van der Waals surface area contributed by atoms with Crippen LogP contribution >= 0.6 is 0 Å². The van der Waals surface area contributed by atoms with Crippen molar-refractivity contribution < 1.29 is 9.53 Å². The summed E-state index contributed by atoms with van der Waals surface area (Å²) in [5, 5.41) is 0. The Morgan fingerprint density at radius 3 is 3.00 bits per heavy atom. The van der Waals surface area contributed by atoms with E-state index in [1.165, 1.54) is 6.42 Å². The Bertz CT molecular complexity index is 500. The van der Waals surface area contributed by atoms with Crippen molar-refractivity contribution in [3.63, 3.8) is 0 Å². The molecule has 0 aromatic carbocycles. The first-order valence-corrected chi connectivity index (χ1v) is 8.05. The molecule has 2 heterocycles. The Labute approximate surface area is 132 Å². The van der Waals surface area contributed by atoms with Crippen LogP contribution in [0.1, 0.15) is 38.2 Å². The van der Waals surface area contributed by atoms with Crippen LogP contribution < -0.4 is 0 Å². The highest BCUT2D eigenvalue weighted by atomic mass is 16.5. The number of unbranched alkanes of at least 4 members (excludes halogenated alkanes) is 1. The third kappa shape index (κ3) is 4.08. The average molecular weight is 308 g/mol. The Morgan fingerprint density at radius 1 is 1.55 bits per heavy atom. The number of likely N-dealkylation sites (N-methyl/N-ethyl adjacent to an activating group) is 1. The Kier molecular flexibility index (Phi) is 5.58. The van der Waals surface area contributed by atoms with E-state index in [0.717, 1.165) is 37.4 Å². The number of nitrogens with zero attached hydrogens (tertiary/aromatic N) is 3. The number of amides is 1. The van der Waals surface area contributed by atoms with Crippen molar-refractivity contribution in [3.8, 4) is 0 Å². The maximum absolute atomic E-state index is 12.3. The normalized spacial score (nSPS) is 22.7. The fraction of sp³-hybridized carbons (Fsp3) is 0.750. The number of H-pyrrole nitrogens is 1. The van der Waals surface area contributed by atoms with E-state index in [4.69, 9.17) is 4.74 Å². The largest absolute Gasteiger partial charge is 0.363 e. The fourth-order valence-corrected chi connectivity index (χ4v) is 2.89. The lowest BCUT2D eigenvalue weighted by Crippen LogP contribution is -2.57. The van der Waals surface area contributed by atoms with Gasteiger partial charge in [-0.15, -0.1) is 0 Å². The molecule has 22 heavy (non-hydrogen) atoms. The molecule has 0 spiro atoms. The van der Waals surface area contributed by atoms with Crippen molar-refractivity contribution in [3.05, 3.63) is 17.7 Å². The van der Waals surface area contributed by atoms with Crippen LogP contribution in [0.4, 0.5) is 0 Å². The second-order valence-corrected chi connectivity index (χ2v) is 6.45. The van der Waals surface area contributed by atoms with E-state index < -0.39 is 5.60 Å². The number of carbonyl (C=O) groups excluding carboxylic acids is 1. The zero-order valence-corrected chi connectivity index (χ0v) is 14.2. The van der Waals surface area contributed by atoms with E-state index in [9.17, 15) is 4.79 Å². The SMILES string of the molecule is CCCCc1ncc(CN2CCO[C@](C)(C(=O)N(C)C)C2)[nH]1. The molecule has 0 aliphatic carbocycles. The number of nitrogens with one attached hydrogen (secondary N) is 1. The van der Waals surface area contributed by atoms with Crippen molar-refractivity contribution in [1.29, 1.82) is 0 Å². The lowest BCUT2D eigenvalue weighted by molar-refractivity contribution is -0.165. The van der Waals surface area contributed by atoms with Gasteiger partial charge in [0.15, 0.2) is 5.60 Å². The molecule has 6 nitrogen and oxygen atoms in total. The third-order valence-corrected chi connectivity index (χ3v) is 4.05. The molecule has 1 aromatic rings. The molecule has 1 fully saturated rings. The van der Waals surface area contributed by atoms with Gasteiger partial charge in [-0.25, -0.2) is 4.98 Å². The first kappa shape index (κ1) is 17.0. The first-order chi connectivity index (χ1) is 10.4. The molecular formula is C16H28N4O2. The second kappa shape index (κ2) is 7.24. The quantitative estimate of drug-likeness (QED) is 0.863. The molecule has 1 atom stereocenters. The van der Waals surface area contributed by atoms with Crippen LogP contribution in [0.5, 0.6) is 0 Å². The maximum Gasteiger partial charge on any atom is 0.255 e. The van der Waals surface area contributed by atoms with Crippen molar-refractivity contribution in [2.75, 3.05) is 33.8 Å². The lowest BCUT2D eigenvalue weighted by Gasteiger charge is -2.40. The molecule has 1 N–H and O–H groups in total. The number of ether oxygens (including phenoxy) is 1. The van der Waals surface area contributed by atoms with Crippen LogP contribution in [0.25, 0.3) is 0 Å². The van der Waals surface area contributed by atoms with Gasteiger partial charge >= 0.3 is 0 Å². The van der Waals surface area contributed by atoms with Crippen LogP contribution in [0.15, 0.2) is 6.20 Å². The van der Waals surface area contributed by atoms with E-state index >= 15 is 0 Å². The summed E-state index contributed by atoms with van der Waals surface area (Å²) >= 11 is 0. The zero-order valence-electron chi connectivity index (χ0n) is 14.2. The van der Waals surface area contributed by atoms with Crippen LogP contribution in [0, 0.1) is 0 Å². The fourth-order valence-electron chi connectivity index (χ4n) is 2.89. The Morgan fingerprint density at radius 2 is 2.32 bits per heavy atom. The minimum Gasteiger partial charge on any atom is -0.363 e. The molecule has 1 aliphatic rings. The summed E-state index contributed by atoms with van der Waals surface area (Å²) in [6.07, 6.45) is 5.23. The zero-order chi connectivity index (χ0) is 16.2. The summed E-state index contributed by atoms with van der Waals surface area (Å²) < 4.78 is 5.76. The summed E-state index contributed by atoms with van der Waals surface area (Å²) in [5.74, 6) is 1.07.